The van der Waals surface area contributed by atoms with Crippen LogP contribution in [-0.2, 0) is 5.41 Å². The van der Waals surface area contributed by atoms with E-state index in [0.29, 0.717) is 12.1 Å². The fraction of sp³-hybridized carbons (Fsp3) is 0.467. The fourth-order valence-electron chi connectivity index (χ4n) is 1.88. The Balaban J connectivity index is 2.84. The number of amidine groups is 1. The summed E-state index contributed by atoms with van der Waals surface area (Å²) in [6, 6.07) is 7.54. The highest BCUT2D eigenvalue weighted by Crippen LogP contribution is 2.25. The highest BCUT2D eigenvalue weighted by molar-refractivity contribution is 5.96. The first-order chi connectivity index (χ1) is 9.27. The largest absolute Gasteiger partial charge is 0.409 e. The molecule has 0 bridgehead atoms. The van der Waals surface area contributed by atoms with Crippen molar-refractivity contribution in [3.05, 3.63) is 35.4 Å². The van der Waals surface area contributed by atoms with Gasteiger partial charge in [0.25, 0.3) is 5.91 Å². The predicted molar refractivity (Wildman–Crippen MR) is 80.0 cm³/mol. The molecule has 110 valence electrons. The summed E-state index contributed by atoms with van der Waals surface area (Å²) in [7, 11) is 0. The van der Waals surface area contributed by atoms with Crippen LogP contribution in [0.3, 0.4) is 0 Å². The van der Waals surface area contributed by atoms with Gasteiger partial charge in [0.2, 0.25) is 0 Å². The van der Waals surface area contributed by atoms with Crippen LogP contribution in [0.25, 0.3) is 0 Å². The summed E-state index contributed by atoms with van der Waals surface area (Å²) in [4.78, 5) is 12.3. The molecule has 0 radical (unpaired) electrons. The summed E-state index contributed by atoms with van der Waals surface area (Å²) < 4.78 is 0. The van der Waals surface area contributed by atoms with Gasteiger partial charge < -0.3 is 16.3 Å². The molecule has 0 heterocycles. The molecule has 0 fully saturated rings. The first-order valence-corrected chi connectivity index (χ1v) is 6.62. The van der Waals surface area contributed by atoms with Gasteiger partial charge in [0.15, 0.2) is 0 Å². The summed E-state index contributed by atoms with van der Waals surface area (Å²) in [6.07, 6.45) is 0. The van der Waals surface area contributed by atoms with Gasteiger partial charge in [0.05, 0.1) is 0 Å². The third kappa shape index (κ3) is 3.98. The quantitative estimate of drug-likeness (QED) is 0.341. The number of nitrogens with zero attached hydrogens (tertiary/aromatic N) is 1. The van der Waals surface area contributed by atoms with E-state index in [1.165, 1.54) is 0 Å². The van der Waals surface area contributed by atoms with Crippen LogP contribution in [0.4, 0.5) is 0 Å². The van der Waals surface area contributed by atoms with Crippen LogP contribution < -0.4 is 11.1 Å². The van der Waals surface area contributed by atoms with Crippen LogP contribution >= 0.6 is 0 Å². The first-order valence-electron chi connectivity index (χ1n) is 6.62. The van der Waals surface area contributed by atoms with Gasteiger partial charge in [-0.2, -0.15) is 0 Å². The Morgan fingerprint density at radius 3 is 2.55 bits per heavy atom. The average molecular weight is 277 g/mol. The molecule has 1 rings (SSSR count). The number of oxime groups is 1. The van der Waals surface area contributed by atoms with E-state index in [9.17, 15) is 4.79 Å². The molecule has 1 atom stereocenters. The van der Waals surface area contributed by atoms with Crippen molar-refractivity contribution in [2.24, 2.45) is 16.8 Å². The van der Waals surface area contributed by atoms with E-state index in [1.807, 2.05) is 24.3 Å². The molecule has 0 saturated heterocycles. The van der Waals surface area contributed by atoms with Gasteiger partial charge in [-0.25, -0.2) is 0 Å². The van der Waals surface area contributed by atoms with Crippen LogP contribution in [0.5, 0.6) is 0 Å². The summed E-state index contributed by atoms with van der Waals surface area (Å²) in [6.45, 7) is 8.31. The maximum Gasteiger partial charge on any atom is 0.251 e. The second-order valence-corrected chi connectivity index (χ2v) is 5.93. The van der Waals surface area contributed by atoms with Crippen molar-refractivity contribution in [2.45, 2.75) is 33.1 Å². The predicted octanol–water partition coefficient (Wildman–Crippen LogP) is 2.10. The van der Waals surface area contributed by atoms with E-state index >= 15 is 0 Å². The Hall–Kier alpha value is -2.04. The standard InChI is InChI=1S/C15H23N3O2/c1-10(13(16)18-20)9-17-14(19)11-7-5-6-8-12(11)15(2,3)4/h5-8,10,20H,9H2,1-4H3,(H2,16,18)(H,17,19). The lowest BCUT2D eigenvalue weighted by molar-refractivity contribution is 0.0949. The zero-order valence-corrected chi connectivity index (χ0v) is 12.5. The van der Waals surface area contributed by atoms with E-state index in [2.05, 4.69) is 31.2 Å². The Kier molecular flexibility index (Phi) is 5.13. The Bertz CT molecular complexity index is 504. The topological polar surface area (TPSA) is 87.7 Å². The number of amides is 1. The summed E-state index contributed by atoms with van der Waals surface area (Å²) in [5.41, 5.74) is 7.04. The number of carbonyl (C=O) groups excluding carboxylic acids is 1. The van der Waals surface area contributed by atoms with E-state index < -0.39 is 0 Å². The Morgan fingerprint density at radius 1 is 1.40 bits per heavy atom. The highest BCUT2D eigenvalue weighted by atomic mass is 16.4. The number of nitrogens with one attached hydrogen (secondary N) is 1. The number of benzene rings is 1. The SMILES string of the molecule is CC(CNC(=O)c1ccccc1C(C)(C)C)/C(N)=N/O. The van der Waals surface area contributed by atoms with E-state index in [-0.39, 0.29) is 23.1 Å². The van der Waals surface area contributed by atoms with Crippen LogP contribution in [0, 0.1) is 5.92 Å². The second kappa shape index (κ2) is 6.41. The molecule has 1 aromatic rings. The minimum atomic E-state index is -0.217. The molecular weight excluding hydrogens is 254 g/mol. The molecule has 20 heavy (non-hydrogen) atoms. The molecular formula is C15H23N3O2. The van der Waals surface area contributed by atoms with Crippen molar-refractivity contribution in [3.8, 4) is 0 Å². The van der Waals surface area contributed by atoms with Gasteiger partial charge in [-0.1, -0.05) is 51.0 Å². The highest BCUT2D eigenvalue weighted by Gasteiger charge is 2.21. The summed E-state index contributed by atoms with van der Waals surface area (Å²) >= 11 is 0. The molecule has 5 nitrogen and oxygen atoms in total. The van der Waals surface area contributed by atoms with E-state index in [4.69, 9.17) is 10.9 Å². The molecule has 0 aliphatic carbocycles. The van der Waals surface area contributed by atoms with Crippen LogP contribution in [0.2, 0.25) is 0 Å². The lowest BCUT2D eigenvalue weighted by Gasteiger charge is -2.22. The molecule has 0 aromatic heterocycles. The van der Waals surface area contributed by atoms with Crippen molar-refractivity contribution in [1.29, 1.82) is 0 Å². The van der Waals surface area contributed by atoms with Gasteiger partial charge in [0.1, 0.15) is 5.84 Å². The zero-order valence-electron chi connectivity index (χ0n) is 12.5. The molecule has 4 N–H and O–H groups in total. The third-order valence-electron chi connectivity index (χ3n) is 3.17. The molecule has 1 amide bonds. The number of rotatable bonds is 4. The minimum absolute atomic E-state index is 0.106. The van der Waals surface area contributed by atoms with Gasteiger partial charge >= 0.3 is 0 Å². The summed E-state index contributed by atoms with van der Waals surface area (Å²) in [5.74, 6) is -0.256. The van der Waals surface area contributed by atoms with Crippen LogP contribution in [0.1, 0.15) is 43.6 Å². The smallest absolute Gasteiger partial charge is 0.251 e. The number of nitrogens with two attached hydrogens (primary N) is 1. The van der Waals surface area contributed by atoms with Crippen LogP contribution in [-0.4, -0.2) is 23.5 Å². The van der Waals surface area contributed by atoms with E-state index in [0.717, 1.165) is 5.56 Å². The molecule has 5 heteroatoms. The van der Waals surface area contributed by atoms with Gasteiger partial charge in [-0.05, 0) is 17.0 Å². The molecule has 0 saturated carbocycles. The van der Waals surface area contributed by atoms with E-state index in [1.54, 1.807) is 6.92 Å². The lowest BCUT2D eigenvalue weighted by Crippen LogP contribution is -2.35. The number of hydrogen-bond donors (Lipinski definition) is 3. The summed E-state index contributed by atoms with van der Waals surface area (Å²) in [5, 5.41) is 14.3. The number of hydrogen-bond acceptors (Lipinski definition) is 3. The Labute approximate surface area is 119 Å². The Morgan fingerprint density at radius 2 is 2.00 bits per heavy atom. The van der Waals surface area contributed by atoms with Gasteiger partial charge in [-0.3, -0.25) is 4.79 Å². The second-order valence-electron chi connectivity index (χ2n) is 5.93. The van der Waals surface area contributed by atoms with Gasteiger partial charge in [0, 0.05) is 18.0 Å². The van der Waals surface area contributed by atoms with Crippen LogP contribution in [0.15, 0.2) is 29.4 Å². The number of carbonyl (C=O) groups is 1. The normalized spacial score (nSPS) is 13.9. The van der Waals surface area contributed by atoms with Crippen molar-refractivity contribution in [2.75, 3.05) is 6.54 Å². The maximum absolute atomic E-state index is 12.3. The molecule has 0 aliphatic rings. The van der Waals surface area contributed by atoms with Gasteiger partial charge in [-0.15, -0.1) is 0 Å². The molecule has 0 spiro atoms. The monoisotopic (exact) mass is 277 g/mol. The minimum Gasteiger partial charge on any atom is -0.409 e. The zero-order chi connectivity index (χ0) is 15.3. The third-order valence-corrected chi connectivity index (χ3v) is 3.17. The van der Waals surface area contributed by atoms with Crippen molar-refractivity contribution < 1.29 is 10.0 Å². The molecule has 1 aromatic carbocycles. The lowest BCUT2D eigenvalue weighted by atomic mass is 9.83. The van der Waals surface area contributed by atoms with Crippen molar-refractivity contribution in [1.82, 2.24) is 5.32 Å². The first kappa shape index (κ1) is 16.0. The molecule has 0 aliphatic heterocycles. The van der Waals surface area contributed by atoms with Crippen molar-refractivity contribution >= 4 is 11.7 Å². The van der Waals surface area contributed by atoms with Crippen molar-refractivity contribution in [3.63, 3.8) is 0 Å². The average Bonchev–Trinajstić information content (AvgIpc) is 2.42. The molecule has 1 unspecified atom stereocenters. The maximum atomic E-state index is 12.3. The fourth-order valence-corrected chi connectivity index (χ4v) is 1.88.